The SMILES string of the molecule is O=C1NC(NCc2ccc(Cl)c(Cl)c2)NC2=C1CCC(Cc1nccs1)N=C2. The van der Waals surface area contributed by atoms with Crippen molar-refractivity contribution in [3.8, 4) is 0 Å². The van der Waals surface area contributed by atoms with Gasteiger partial charge >= 0.3 is 0 Å². The molecular formula is C19H19Cl2N5OS. The summed E-state index contributed by atoms with van der Waals surface area (Å²) >= 11 is 13.6. The van der Waals surface area contributed by atoms with Crippen LogP contribution >= 0.6 is 34.5 Å². The highest BCUT2D eigenvalue weighted by Crippen LogP contribution is 2.23. The number of benzene rings is 1. The van der Waals surface area contributed by atoms with Crippen LogP contribution in [0.3, 0.4) is 0 Å². The number of nitrogens with zero attached hydrogens (tertiary/aromatic N) is 2. The molecule has 0 fully saturated rings. The lowest BCUT2D eigenvalue weighted by molar-refractivity contribution is -0.119. The second kappa shape index (κ2) is 8.61. The Labute approximate surface area is 177 Å². The van der Waals surface area contributed by atoms with Gasteiger partial charge in [0.1, 0.15) is 0 Å². The highest BCUT2D eigenvalue weighted by molar-refractivity contribution is 7.09. The zero-order chi connectivity index (χ0) is 19.5. The molecule has 6 nitrogen and oxygen atoms in total. The Hall–Kier alpha value is -1.93. The van der Waals surface area contributed by atoms with Gasteiger partial charge in [-0.2, -0.15) is 0 Å². The predicted molar refractivity (Wildman–Crippen MR) is 113 cm³/mol. The van der Waals surface area contributed by atoms with Crippen LogP contribution in [0.1, 0.15) is 23.4 Å². The summed E-state index contributed by atoms with van der Waals surface area (Å²) in [7, 11) is 0. The van der Waals surface area contributed by atoms with Crippen molar-refractivity contribution >= 4 is 46.7 Å². The molecule has 0 spiro atoms. The van der Waals surface area contributed by atoms with E-state index < -0.39 is 0 Å². The maximum atomic E-state index is 12.6. The fraction of sp³-hybridized carbons (Fsp3) is 0.316. The van der Waals surface area contributed by atoms with E-state index in [9.17, 15) is 4.79 Å². The first-order chi connectivity index (χ1) is 13.6. The topological polar surface area (TPSA) is 78.4 Å². The summed E-state index contributed by atoms with van der Waals surface area (Å²) in [4.78, 5) is 21.6. The Bertz CT molecular complexity index is 928. The molecule has 0 saturated heterocycles. The molecule has 1 aromatic heterocycles. The number of nitrogens with one attached hydrogen (secondary N) is 3. The van der Waals surface area contributed by atoms with Crippen molar-refractivity contribution in [2.45, 2.75) is 38.1 Å². The Kier molecular flexibility index (Phi) is 5.96. The van der Waals surface area contributed by atoms with E-state index in [2.05, 4.69) is 25.9 Å². The number of carbonyl (C=O) groups is 1. The van der Waals surface area contributed by atoms with E-state index in [1.807, 2.05) is 23.7 Å². The van der Waals surface area contributed by atoms with Gasteiger partial charge in [0.05, 0.1) is 26.8 Å². The van der Waals surface area contributed by atoms with Crippen molar-refractivity contribution in [2.24, 2.45) is 4.99 Å². The van der Waals surface area contributed by atoms with Crippen LogP contribution in [0.25, 0.3) is 0 Å². The molecular weight excluding hydrogens is 417 g/mol. The third-order valence-electron chi connectivity index (χ3n) is 4.70. The zero-order valence-electron chi connectivity index (χ0n) is 14.9. The first-order valence-electron chi connectivity index (χ1n) is 8.98. The number of carbonyl (C=O) groups excluding carboxylic acids is 1. The van der Waals surface area contributed by atoms with Gasteiger partial charge in [0, 0.05) is 36.3 Å². The summed E-state index contributed by atoms with van der Waals surface area (Å²) in [6, 6.07) is 5.60. The number of aromatic nitrogens is 1. The van der Waals surface area contributed by atoms with Crippen LogP contribution in [-0.2, 0) is 17.8 Å². The van der Waals surface area contributed by atoms with Crippen molar-refractivity contribution in [1.29, 1.82) is 0 Å². The Morgan fingerprint density at radius 1 is 1.25 bits per heavy atom. The Morgan fingerprint density at radius 3 is 2.93 bits per heavy atom. The summed E-state index contributed by atoms with van der Waals surface area (Å²) in [5.74, 6) is -0.0678. The molecule has 2 aliphatic heterocycles. The molecule has 4 rings (SSSR count). The van der Waals surface area contributed by atoms with Crippen molar-refractivity contribution in [3.63, 3.8) is 0 Å². The fourth-order valence-corrected chi connectivity index (χ4v) is 4.24. The van der Waals surface area contributed by atoms with E-state index in [1.165, 1.54) is 0 Å². The maximum Gasteiger partial charge on any atom is 0.251 e. The van der Waals surface area contributed by atoms with E-state index in [1.54, 1.807) is 23.6 Å². The van der Waals surface area contributed by atoms with E-state index in [4.69, 9.17) is 23.2 Å². The molecule has 0 radical (unpaired) electrons. The maximum absolute atomic E-state index is 12.6. The van der Waals surface area contributed by atoms with Gasteiger partial charge in [-0.1, -0.05) is 29.3 Å². The van der Waals surface area contributed by atoms with Gasteiger partial charge in [0.25, 0.3) is 5.91 Å². The van der Waals surface area contributed by atoms with Gasteiger partial charge in [-0.05, 0) is 30.5 Å². The normalized spacial score (nSPS) is 21.7. The summed E-state index contributed by atoms with van der Waals surface area (Å²) in [5, 5.41) is 13.6. The molecule has 0 aliphatic carbocycles. The average Bonchev–Trinajstić information content (AvgIpc) is 3.10. The monoisotopic (exact) mass is 435 g/mol. The minimum Gasteiger partial charge on any atom is -0.351 e. The van der Waals surface area contributed by atoms with Crippen molar-refractivity contribution in [3.05, 3.63) is 61.7 Å². The molecule has 2 aromatic rings. The minimum atomic E-state index is -0.386. The fourth-order valence-electron chi connectivity index (χ4n) is 3.23. The highest BCUT2D eigenvalue weighted by Gasteiger charge is 2.27. The summed E-state index contributed by atoms with van der Waals surface area (Å²) in [6.45, 7) is 0.529. The lowest BCUT2D eigenvalue weighted by atomic mass is 10.0. The van der Waals surface area contributed by atoms with E-state index >= 15 is 0 Å². The lowest BCUT2D eigenvalue weighted by Gasteiger charge is -2.29. The van der Waals surface area contributed by atoms with Gasteiger partial charge in [0.2, 0.25) is 0 Å². The number of amides is 1. The van der Waals surface area contributed by atoms with Crippen molar-refractivity contribution < 1.29 is 4.79 Å². The molecule has 146 valence electrons. The first kappa shape index (κ1) is 19.4. The molecule has 3 N–H and O–H groups in total. The molecule has 0 bridgehead atoms. The number of thiazole rings is 1. The van der Waals surface area contributed by atoms with Crippen molar-refractivity contribution in [2.75, 3.05) is 0 Å². The van der Waals surface area contributed by atoms with Gasteiger partial charge in [0.15, 0.2) is 6.29 Å². The second-order valence-corrected chi connectivity index (χ2v) is 8.47. The number of halogens is 2. The first-order valence-corrected chi connectivity index (χ1v) is 10.6. The molecule has 1 amide bonds. The van der Waals surface area contributed by atoms with Crippen LogP contribution < -0.4 is 16.0 Å². The molecule has 0 saturated carbocycles. The molecule has 2 atom stereocenters. The van der Waals surface area contributed by atoms with Crippen LogP contribution in [0, 0.1) is 0 Å². The molecule has 28 heavy (non-hydrogen) atoms. The van der Waals surface area contributed by atoms with Crippen LogP contribution in [0.15, 0.2) is 46.0 Å². The second-order valence-electron chi connectivity index (χ2n) is 6.67. The third kappa shape index (κ3) is 4.55. The van der Waals surface area contributed by atoms with E-state index in [-0.39, 0.29) is 18.2 Å². The van der Waals surface area contributed by atoms with Crippen LogP contribution in [0.5, 0.6) is 0 Å². The summed E-state index contributed by atoms with van der Waals surface area (Å²) < 4.78 is 0. The highest BCUT2D eigenvalue weighted by atomic mass is 35.5. The predicted octanol–water partition coefficient (Wildman–Crippen LogP) is 3.27. The van der Waals surface area contributed by atoms with Gasteiger partial charge in [-0.3, -0.25) is 15.1 Å². The zero-order valence-corrected chi connectivity index (χ0v) is 17.2. The number of aliphatic imine (C=N–C) groups is 1. The number of rotatable bonds is 5. The minimum absolute atomic E-state index is 0.0678. The van der Waals surface area contributed by atoms with Crippen LogP contribution in [0.2, 0.25) is 10.0 Å². The smallest absolute Gasteiger partial charge is 0.251 e. The molecule has 2 unspecified atom stereocenters. The van der Waals surface area contributed by atoms with Gasteiger partial charge in [-0.25, -0.2) is 4.98 Å². The van der Waals surface area contributed by atoms with E-state index in [0.717, 1.165) is 34.7 Å². The van der Waals surface area contributed by atoms with Crippen LogP contribution in [-0.4, -0.2) is 29.4 Å². The quantitative estimate of drug-likeness (QED) is 0.673. The van der Waals surface area contributed by atoms with Crippen molar-refractivity contribution in [1.82, 2.24) is 20.9 Å². The Morgan fingerprint density at radius 2 is 2.14 bits per heavy atom. The summed E-state index contributed by atoms with van der Waals surface area (Å²) in [5.41, 5.74) is 2.50. The number of hydrogen-bond acceptors (Lipinski definition) is 6. The largest absolute Gasteiger partial charge is 0.351 e. The molecule has 9 heteroatoms. The number of hydrogen-bond donors (Lipinski definition) is 3. The van der Waals surface area contributed by atoms with E-state index in [0.29, 0.717) is 23.0 Å². The summed E-state index contributed by atoms with van der Waals surface area (Å²) in [6.07, 6.45) is 5.52. The molecule has 2 aliphatic rings. The van der Waals surface area contributed by atoms with Crippen LogP contribution in [0.4, 0.5) is 0 Å². The van der Waals surface area contributed by atoms with Gasteiger partial charge < -0.3 is 10.6 Å². The third-order valence-corrected chi connectivity index (χ3v) is 6.25. The lowest BCUT2D eigenvalue weighted by Crippen LogP contribution is -2.58. The molecule has 1 aromatic carbocycles. The standard InChI is InChI=1S/C19H19Cl2N5OS/c20-14-4-1-11(7-15(14)21)9-24-19-25-16-10-23-12(8-17-22-5-6-28-17)2-3-13(16)18(27)26-19/h1,4-7,10,12,19,24-25H,2-3,8-9H2,(H,26,27). The Balaban J connectivity index is 1.39. The molecule has 3 heterocycles. The average molecular weight is 436 g/mol. The number of allylic oxidation sites excluding steroid dienone is 1. The van der Waals surface area contributed by atoms with Gasteiger partial charge in [-0.15, -0.1) is 11.3 Å².